The molecule has 1 aliphatic carbocycles. The normalized spacial score (nSPS) is 23.6. The topological polar surface area (TPSA) is 52.0 Å². The first-order chi connectivity index (χ1) is 4.49. The van der Waals surface area contributed by atoms with Gasteiger partial charge >= 0.3 is 0 Å². The van der Waals surface area contributed by atoms with Crippen LogP contribution in [-0.4, -0.2) is 5.66 Å². The molecule has 0 heterocycles. The summed E-state index contributed by atoms with van der Waals surface area (Å²) in [6.45, 7) is 0. The summed E-state index contributed by atoms with van der Waals surface area (Å²) in [5.74, 6) is 0. The third kappa shape index (κ3) is 2.20. The van der Waals surface area contributed by atoms with Crippen LogP contribution in [0.5, 0.6) is 0 Å². The van der Waals surface area contributed by atoms with Crippen molar-refractivity contribution in [3.05, 3.63) is 21.1 Å². The quantitative estimate of drug-likeness (QED) is 0.655. The molecule has 0 bridgehead atoms. The van der Waals surface area contributed by atoms with Crippen LogP contribution < -0.4 is 11.5 Å². The van der Waals surface area contributed by atoms with Crippen LogP contribution in [0.3, 0.4) is 0 Å². The summed E-state index contributed by atoms with van der Waals surface area (Å²) in [7, 11) is 0. The van der Waals surface area contributed by atoms with E-state index in [1.807, 2.05) is 6.08 Å². The molecule has 10 heavy (non-hydrogen) atoms. The highest BCUT2D eigenvalue weighted by atomic mass is 79.9. The van der Waals surface area contributed by atoms with Crippen molar-refractivity contribution in [3.63, 3.8) is 0 Å². The molecule has 0 saturated carbocycles. The highest BCUT2D eigenvalue weighted by molar-refractivity contribution is 9.12. The molecule has 0 aromatic carbocycles. The Morgan fingerprint density at radius 1 is 1.40 bits per heavy atom. The lowest BCUT2D eigenvalue weighted by Crippen LogP contribution is -2.48. The molecule has 56 valence electrons. The van der Waals surface area contributed by atoms with Gasteiger partial charge < -0.3 is 11.5 Å². The van der Waals surface area contributed by atoms with E-state index >= 15 is 0 Å². The molecule has 0 spiro atoms. The first-order valence-corrected chi connectivity index (χ1v) is 4.40. The van der Waals surface area contributed by atoms with Crippen molar-refractivity contribution in [2.75, 3.05) is 0 Å². The van der Waals surface area contributed by atoms with Crippen LogP contribution in [0.2, 0.25) is 0 Å². The summed E-state index contributed by atoms with van der Waals surface area (Å²) < 4.78 is 1.95. The van der Waals surface area contributed by atoms with Crippen LogP contribution in [0.25, 0.3) is 0 Å². The predicted molar refractivity (Wildman–Crippen MR) is 49.7 cm³/mol. The van der Waals surface area contributed by atoms with Crippen LogP contribution in [-0.2, 0) is 0 Å². The SMILES string of the molecule is NC1(N)C=C(Br)C=C(Br)C1. The fraction of sp³-hybridized carbons (Fsp3) is 0.333. The molecule has 0 unspecified atom stereocenters. The highest BCUT2D eigenvalue weighted by Gasteiger charge is 2.20. The Balaban J connectivity index is 2.88. The van der Waals surface area contributed by atoms with Gasteiger partial charge in [-0.25, -0.2) is 0 Å². The summed E-state index contributed by atoms with van der Waals surface area (Å²) in [6.07, 6.45) is 4.39. The first-order valence-electron chi connectivity index (χ1n) is 2.82. The van der Waals surface area contributed by atoms with Gasteiger partial charge in [0, 0.05) is 10.9 Å². The van der Waals surface area contributed by atoms with Crippen molar-refractivity contribution < 1.29 is 0 Å². The smallest absolute Gasteiger partial charge is 0.0888 e. The van der Waals surface area contributed by atoms with Gasteiger partial charge in [-0.3, -0.25) is 0 Å². The maximum atomic E-state index is 5.66. The molecule has 4 heteroatoms. The average Bonchev–Trinajstić information content (AvgIpc) is 1.54. The van der Waals surface area contributed by atoms with Gasteiger partial charge in [-0.2, -0.15) is 0 Å². The van der Waals surface area contributed by atoms with Gasteiger partial charge in [-0.05, 0) is 16.6 Å². The van der Waals surface area contributed by atoms with E-state index in [0.717, 1.165) is 8.96 Å². The van der Waals surface area contributed by atoms with E-state index in [2.05, 4.69) is 31.9 Å². The molecule has 4 N–H and O–H groups in total. The summed E-state index contributed by atoms with van der Waals surface area (Å²) >= 11 is 6.63. The Bertz CT molecular complexity index is 206. The number of allylic oxidation sites excluding steroid dienone is 2. The zero-order valence-electron chi connectivity index (χ0n) is 5.27. The number of halogens is 2. The fourth-order valence-corrected chi connectivity index (χ4v) is 2.58. The zero-order chi connectivity index (χ0) is 7.78. The number of nitrogens with two attached hydrogens (primary N) is 2. The standard InChI is InChI=1S/C6H8Br2N2/c7-4-1-5(8)3-6(9,10)2-4/h1-2H,3,9-10H2. The molecule has 0 amide bonds. The van der Waals surface area contributed by atoms with Crippen LogP contribution in [0.15, 0.2) is 21.1 Å². The lowest BCUT2D eigenvalue weighted by atomic mass is 10.0. The zero-order valence-corrected chi connectivity index (χ0v) is 8.44. The molecular formula is C6H8Br2N2. The van der Waals surface area contributed by atoms with Crippen LogP contribution >= 0.6 is 31.9 Å². The molecule has 0 atom stereocenters. The van der Waals surface area contributed by atoms with Gasteiger partial charge in [-0.15, -0.1) is 0 Å². The van der Waals surface area contributed by atoms with E-state index in [1.165, 1.54) is 0 Å². The molecule has 0 saturated heterocycles. The van der Waals surface area contributed by atoms with Crippen molar-refractivity contribution >= 4 is 31.9 Å². The Morgan fingerprint density at radius 2 is 2.00 bits per heavy atom. The largest absolute Gasteiger partial charge is 0.310 e. The minimum Gasteiger partial charge on any atom is -0.310 e. The second-order valence-electron chi connectivity index (χ2n) is 2.41. The minimum absolute atomic E-state index is 0.655. The number of rotatable bonds is 0. The molecule has 0 fully saturated rings. The Kier molecular flexibility index (Phi) is 2.34. The average molecular weight is 268 g/mol. The van der Waals surface area contributed by atoms with Crippen LogP contribution in [0.4, 0.5) is 0 Å². The second kappa shape index (κ2) is 2.77. The lowest BCUT2D eigenvalue weighted by molar-refractivity contribution is 0.553. The minimum atomic E-state index is -0.702. The molecule has 1 rings (SSSR count). The van der Waals surface area contributed by atoms with E-state index in [0.29, 0.717) is 6.42 Å². The Morgan fingerprint density at radius 3 is 2.40 bits per heavy atom. The van der Waals surface area contributed by atoms with Crippen molar-refractivity contribution in [2.24, 2.45) is 11.5 Å². The van der Waals surface area contributed by atoms with Crippen molar-refractivity contribution in [1.82, 2.24) is 0 Å². The van der Waals surface area contributed by atoms with Gasteiger partial charge in [0.15, 0.2) is 0 Å². The van der Waals surface area contributed by atoms with E-state index < -0.39 is 5.66 Å². The van der Waals surface area contributed by atoms with Gasteiger partial charge in [0.05, 0.1) is 5.66 Å². The van der Waals surface area contributed by atoms with Crippen molar-refractivity contribution in [2.45, 2.75) is 12.1 Å². The van der Waals surface area contributed by atoms with Crippen molar-refractivity contribution in [1.29, 1.82) is 0 Å². The van der Waals surface area contributed by atoms with Gasteiger partial charge in [-0.1, -0.05) is 31.9 Å². The number of hydrogen-bond donors (Lipinski definition) is 2. The van der Waals surface area contributed by atoms with Crippen LogP contribution in [0, 0.1) is 0 Å². The molecule has 0 aromatic rings. The molecule has 1 aliphatic rings. The fourth-order valence-electron chi connectivity index (χ4n) is 0.843. The summed E-state index contributed by atoms with van der Waals surface area (Å²) in [5.41, 5.74) is 10.6. The van der Waals surface area contributed by atoms with Crippen LogP contribution in [0.1, 0.15) is 6.42 Å². The number of hydrogen-bond acceptors (Lipinski definition) is 2. The lowest BCUT2D eigenvalue weighted by Gasteiger charge is -2.23. The van der Waals surface area contributed by atoms with Gasteiger partial charge in [0.25, 0.3) is 0 Å². The third-order valence-corrected chi connectivity index (χ3v) is 2.14. The molecule has 0 aliphatic heterocycles. The van der Waals surface area contributed by atoms with E-state index in [-0.39, 0.29) is 0 Å². The maximum absolute atomic E-state index is 5.66. The molecule has 0 radical (unpaired) electrons. The first kappa shape index (κ1) is 8.46. The summed E-state index contributed by atoms with van der Waals surface area (Å²) in [6, 6.07) is 0. The second-order valence-corrected chi connectivity index (χ2v) is 4.34. The molecule has 2 nitrogen and oxygen atoms in total. The monoisotopic (exact) mass is 266 g/mol. The predicted octanol–water partition coefficient (Wildman–Crippen LogP) is 1.56. The molecule has 0 aromatic heterocycles. The third-order valence-electron chi connectivity index (χ3n) is 1.18. The van der Waals surface area contributed by atoms with Gasteiger partial charge in [0.2, 0.25) is 0 Å². The van der Waals surface area contributed by atoms with Crippen molar-refractivity contribution in [3.8, 4) is 0 Å². The Labute approximate surface area is 76.6 Å². The van der Waals surface area contributed by atoms with E-state index in [4.69, 9.17) is 11.5 Å². The molecular weight excluding hydrogens is 260 g/mol. The van der Waals surface area contributed by atoms with E-state index in [1.54, 1.807) is 6.08 Å². The van der Waals surface area contributed by atoms with Gasteiger partial charge in [0.1, 0.15) is 0 Å². The summed E-state index contributed by atoms with van der Waals surface area (Å²) in [4.78, 5) is 0. The highest BCUT2D eigenvalue weighted by Crippen LogP contribution is 2.27. The Hall–Kier alpha value is 0.360. The van der Waals surface area contributed by atoms with E-state index in [9.17, 15) is 0 Å². The summed E-state index contributed by atoms with van der Waals surface area (Å²) in [5, 5.41) is 0. The maximum Gasteiger partial charge on any atom is 0.0888 e.